The number of hydrogen-bond acceptors (Lipinski definition) is 4. The summed E-state index contributed by atoms with van der Waals surface area (Å²) in [6.45, 7) is 3.51. The van der Waals surface area contributed by atoms with Gasteiger partial charge in [-0.15, -0.1) is 0 Å². The van der Waals surface area contributed by atoms with E-state index in [1.54, 1.807) is 38.1 Å². The number of H-pyrrole nitrogens is 2. The molecule has 3 rings (SSSR count). The molecule has 0 saturated carbocycles. The van der Waals surface area contributed by atoms with Gasteiger partial charge in [-0.25, -0.2) is 4.98 Å². The van der Waals surface area contributed by atoms with E-state index in [4.69, 9.17) is 0 Å². The Balaban J connectivity index is 1.90. The molecule has 0 aliphatic carbocycles. The first kappa shape index (κ1) is 14.7. The summed E-state index contributed by atoms with van der Waals surface area (Å²) in [5, 5.41) is 9.30. The average Bonchev–Trinajstić information content (AvgIpc) is 3.00. The lowest BCUT2D eigenvalue weighted by molar-refractivity contribution is 0.102. The van der Waals surface area contributed by atoms with Gasteiger partial charge in [-0.3, -0.25) is 14.7 Å². The van der Waals surface area contributed by atoms with Crippen LogP contribution in [0.1, 0.15) is 21.6 Å². The molecule has 0 bridgehead atoms. The van der Waals surface area contributed by atoms with Crippen molar-refractivity contribution in [3.05, 3.63) is 63.8 Å². The molecule has 3 aromatic rings. The number of aromatic nitrogens is 4. The van der Waals surface area contributed by atoms with Crippen LogP contribution in [0.2, 0.25) is 0 Å². The highest BCUT2D eigenvalue weighted by Crippen LogP contribution is 2.19. The predicted molar refractivity (Wildman–Crippen MR) is 86.3 cm³/mol. The summed E-state index contributed by atoms with van der Waals surface area (Å²) in [5.74, 6) is 0.156. The van der Waals surface area contributed by atoms with Gasteiger partial charge in [0.1, 0.15) is 11.9 Å². The van der Waals surface area contributed by atoms with Crippen LogP contribution in [0.4, 0.5) is 5.69 Å². The van der Waals surface area contributed by atoms with E-state index in [-0.39, 0.29) is 5.56 Å². The maximum Gasteiger partial charge on any atom is 0.261 e. The van der Waals surface area contributed by atoms with Crippen molar-refractivity contribution in [1.82, 2.24) is 20.2 Å². The van der Waals surface area contributed by atoms with Crippen molar-refractivity contribution in [3.8, 4) is 11.4 Å². The molecule has 7 heteroatoms. The number of hydrogen-bond donors (Lipinski definition) is 3. The number of aromatic amines is 2. The Morgan fingerprint density at radius 2 is 2.04 bits per heavy atom. The number of pyridine rings is 1. The Labute approximate surface area is 131 Å². The Kier molecular flexibility index (Phi) is 3.76. The standard InChI is InChI=1S/C16H15N5O2/c1-9-6-10(2)19-15(22)13(9)16(23)20-12-5-3-4-11(7-12)14-17-8-18-21-14/h3-8H,1-2H3,(H,19,22)(H,20,23)(H,17,18,21). The SMILES string of the molecule is Cc1cc(C)c(C(=O)Nc2cccc(-c3ncn[nH]3)c2)c(=O)[nH]1. The van der Waals surface area contributed by atoms with E-state index in [0.717, 1.165) is 11.3 Å². The third kappa shape index (κ3) is 3.03. The van der Waals surface area contributed by atoms with Crippen LogP contribution in [0.15, 0.2) is 41.5 Å². The first-order valence-corrected chi connectivity index (χ1v) is 7.02. The normalized spacial score (nSPS) is 10.5. The van der Waals surface area contributed by atoms with Gasteiger partial charge in [0, 0.05) is 16.9 Å². The van der Waals surface area contributed by atoms with Crippen LogP contribution >= 0.6 is 0 Å². The number of amides is 1. The van der Waals surface area contributed by atoms with Gasteiger partial charge < -0.3 is 10.3 Å². The second-order valence-corrected chi connectivity index (χ2v) is 5.21. The Morgan fingerprint density at radius 3 is 2.74 bits per heavy atom. The number of anilines is 1. The molecule has 0 fully saturated rings. The molecule has 0 radical (unpaired) electrons. The molecule has 23 heavy (non-hydrogen) atoms. The monoisotopic (exact) mass is 309 g/mol. The van der Waals surface area contributed by atoms with Crippen molar-refractivity contribution in [2.45, 2.75) is 13.8 Å². The van der Waals surface area contributed by atoms with Gasteiger partial charge in [0.2, 0.25) is 0 Å². The highest BCUT2D eigenvalue weighted by atomic mass is 16.2. The highest BCUT2D eigenvalue weighted by Gasteiger charge is 2.15. The number of nitrogens with zero attached hydrogens (tertiary/aromatic N) is 2. The zero-order valence-electron chi connectivity index (χ0n) is 12.7. The van der Waals surface area contributed by atoms with E-state index in [9.17, 15) is 9.59 Å². The maximum atomic E-state index is 12.4. The summed E-state index contributed by atoms with van der Waals surface area (Å²) in [4.78, 5) is 31.1. The third-order valence-electron chi connectivity index (χ3n) is 3.40. The number of carbonyl (C=O) groups is 1. The van der Waals surface area contributed by atoms with E-state index in [1.165, 1.54) is 6.33 Å². The molecule has 7 nitrogen and oxygen atoms in total. The summed E-state index contributed by atoms with van der Waals surface area (Å²) < 4.78 is 0. The van der Waals surface area contributed by atoms with Crippen LogP contribution in [0, 0.1) is 13.8 Å². The number of aryl methyl sites for hydroxylation is 2. The maximum absolute atomic E-state index is 12.4. The van der Waals surface area contributed by atoms with E-state index < -0.39 is 11.5 Å². The first-order chi connectivity index (χ1) is 11.0. The molecule has 0 spiro atoms. The number of carbonyl (C=O) groups excluding carboxylic acids is 1. The summed E-state index contributed by atoms with van der Waals surface area (Å²) in [7, 11) is 0. The third-order valence-corrected chi connectivity index (χ3v) is 3.40. The summed E-state index contributed by atoms with van der Waals surface area (Å²) >= 11 is 0. The van der Waals surface area contributed by atoms with Crippen molar-refractivity contribution < 1.29 is 4.79 Å². The molecule has 0 aliphatic rings. The van der Waals surface area contributed by atoms with Crippen molar-refractivity contribution in [1.29, 1.82) is 0 Å². The number of benzene rings is 1. The van der Waals surface area contributed by atoms with Crippen molar-refractivity contribution in [2.75, 3.05) is 5.32 Å². The zero-order chi connectivity index (χ0) is 16.4. The van der Waals surface area contributed by atoms with Gasteiger partial charge in [0.25, 0.3) is 11.5 Å². The van der Waals surface area contributed by atoms with Gasteiger partial charge >= 0.3 is 0 Å². The molecule has 116 valence electrons. The molecule has 2 heterocycles. The fourth-order valence-electron chi connectivity index (χ4n) is 2.42. The fourth-order valence-corrected chi connectivity index (χ4v) is 2.42. The van der Waals surface area contributed by atoms with Crippen LogP contribution in [-0.2, 0) is 0 Å². The smallest absolute Gasteiger partial charge is 0.261 e. The second kappa shape index (κ2) is 5.88. The van der Waals surface area contributed by atoms with E-state index >= 15 is 0 Å². The van der Waals surface area contributed by atoms with E-state index in [2.05, 4.69) is 25.5 Å². The molecular formula is C16H15N5O2. The van der Waals surface area contributed by atoms with Crippen LogP contribution in [-0.4, -0.2) is 26.1 Å². The van der Waals surface area contributed by atoms with Gasteiger partial charge in [0.15, 0.2) is 5.82 Å². The molecule has 1 amide bonds. The first-order valence-electron chi connectivity index (χ1n) is 7.02. The Bertz CT molecular complexity index is 912. The van der Waals surface area contributed by atoms with Gasteiger partial charge in [-0.2, -0.15) is 5.10 Å². The molecule has 0 atom stereocenters. The molecule has 1 aromatic carbocycles. The van der Waals surface area contributed by atoms with Crippen molar-refractivity contribution >= 4 is 11.6 Å². The minimum absolute atomic E-state index is 0.112. The quantitative estimate of drug-likeness (QED) is 0.688. The fraction of sp³-hybridized carbons (Fsp3) is 0.125. The summed E-state index contributed by atoms with van der Waals surface area (Å²) in [6.07, 6.45) is 1.41. The molecule has 3 N–H and O–H groups in total. The van der Waals surface area contributed by atoms with Gasteiger partial charge in [-0.05, 0) is 37.6 Å². The minimum Gasteiger partial charge on any atom is -0.326 e. The van der Waals surface area contributed by atoms with Gasteiger partial charge in [-0.1, -0.05) is 12.1 Å². The molecule has 0 aliphatic heterocycles. The molecular weight excluding hydrogens is 294 g/mol. The molecule has 2 aromatic heterocycles. The molecule has 0 saturated heterocycles. The summed E-state index contributed by atoms with van der Waals surface area (Å²) in [5.41, 5.74) is 2.43. The van der Waals surface area contributed by atoms with E-state index in [1.807, 2.05) is 6.07 Å². The number of rotatable bonds is 3. The lowest BCUT2D eigenvalue weighted by atomic mass is 10.1. The summed E-state index contributed by atoms with van der Waals surface area (Å²) in [6, 6.07) is 8.91. The Hall–Kier alpha value is -3.22. The minimum atomic E-state index is -0.446. The van der Waals surface area contributed by atoms with Crippen LogP contribution in [0.3, 0.4) is 0 Å². The van der Waals surface area contributed by atoms with Crippen LogP contribution in [0.5, 0.6) is 0 Å². The van der Waals surface area contributed by atoms with E-state index in [0.29, 0.717) is 17.1 Å². The topological polar surface area (TPSA) is 104 Å². The number of nitrogens with one attached hydrogen (secondary N) is 3. The highest BCUT2D eigenvalue weighted by molar-refractivity contribution is 6.05. The largest absolute Gasteiger partial charge is 0.326 e. The Morgan fingerprint density at radius 1 is 1.22 bits per heavy atom. The van der Waals surface area contributed by atoms with Gasteiger partial charge in [0.05, 0.1) is 0 Å². The lowest BCUT2D eigenvalue weighted by Crippen LogP contribution is -2.25. The zero-order valence-corrected chi connectivity index (χ0v) is 12.7. The average molecular weight is 309 g/mol. The van der Waals surface area contributed by atoms with Crippen LogP contribution in [0.25, 0.3) is 11.4 Å². The second-order valence-electron chi connectivity index (χ2n) is 5.21. The molecule has 0 unspecified atom stereocenters. The lowest BCUT2D eigenvalue weighted by Gasteiger charge is -2.08. The van der Waals surface area contributed by atoms with Crippen LogP contribution < -0.4 is 10.9 Å². The predicted octanol–water partition coefficient (Wildman–Crippen LogP) is 2.03. The van der Waals surface area contributed by atoms with Crippen molar-refractivity contribution in [3.63, 3.8) is 0 Å². The van der Waals surface area contributed by atoms with Crippen molar-refractivity contribution in [2.24, 2.45) is 0 Å².